The Morgan fingerprint density at radius 1 is 1.46 bits per heavy atom. The van der Waals surface area contributed by atoms with Gasteiger partial charge in [0.2, 0.25) is 0 Å². The van der Waals surface area contributed by atoms with E-state index in [9.17, 15) is 0 Å². The molecule has 0 bridgehead atoms. The van der Waals surface area contributed by atoms with Crippen LogP contribution in [0.4, 0.5) is 0 Å². The molecule has 0 fully saturated rings. The van der Waals surface area contributed by atoms with E-state index in [0.717, 1.165) is 32.4 Å². The second-order valence-corrected chi connectivity index (χ2v) is 3.66. The summed E-state index contributed by atoms with van der Waals surface area (Å²) in [6, 6.07) is 0. The van der Waals surface area contributed by atoms with E-state index in [0.29, 0.717) is 0 Å². The van der Waals surface area contributed by atoms with Crippen molar-refractivity contribution in [3.63, 3.8) is 0 Å². The van der Waals surface area contributed by atoms with Gasteiger partial charge in [-0.05, 0) is 32.7 Å². The second kappa shape index (κ2) is 7.30. The predicted octanol–water partition coefficient (Wildman–Crippen LogP) is 1.16. The summed E-state index contributed by atoms with van der Waals surface area (Å²) < 4.78 is 4.96. The largest absolute Gasteiger partial charge is 0.396 e. The van der Waals surface area contributed by atoms with Crippen molar-refractivity contribution in [2.75, 3.05) is 26.9 Å². The summed E-state index contributed by atoms with van der Waals surface area (Å²) in [5, 5.41) is 12.3. The van der Waals surface area contributed by atoms with Gasteiger partial charge in [-0.1, -0.05) is 6.92 Å². The maximum atomic E-state index is 8.87. The molecule has 0 amide bonds. The highest BCUT2D eigenvalue weighted by Gasteiger charge is 2.19. The smallest absolute Gasteiger partial charge is 0.0474 e. The van der Waals surface area contributed by atoms with Gasteiger partial charge in [0.1, 0.15) is 0 Å². The quantitative estimate of drug-likeness (QED) is 0.563. The summed E-state index contributed by atoms with van der Waals surface area (Å²) in [5.41, 5.74) is 0.0858. The molecule has 0 aliphatic rings. The fourth-order valence-corrected chi connectivity index (χ4v) is 1.24. The van der Waals surface area contributed by atoms with Crippen molar-refractivity contribution in [3.8, 4) is 0 Å². The Balaban J connectivity index is 3.57. The van der Waals surface area contributed by atoms with Gasteiger partial charge in [-0.3, -0.25) is 0 Å². The van der Waals surface area contributed by atoms with E-state index in [4.69, 9.17) is 9.84 Å². The fourth-order valence-electron chi connectivity index (χ4n) is 1.24. The predicted molar refractivity (Wildman–Crippen MR) is 54.9 cm³/mol. The molecule has 1 unspecified atom stereocenters. The van der Waals surface area contributed by atoms with Crippen LogP contribution in [0.1, 0.15) is 33.1 Å². The van der Waals surface area contributed by atoms with Crippen LogP contribution in [0, 0.1) is 0 Å². The minimum atomic E-state index is 0.0858. The first-order valence-electron chi connectivity index (χ1n) is 5.03. The topological polar surface area (TPSA) is 41.5 Å². The summed E-state index contributed by atoms with van der Waals surface area (Å²) in [4.78, 5) is 0. The first-order valence-corrected chi connectivity index (χ1v) is 5.03. The molecule has 0 saturated heterocycles. The number of rotatable bonds is 8. The Morgan fingerprint density at radius 2 is 2.15 bits per heavy atom. The van der Waals surface area contributed by atoms with Gasteiger partial charge in [-0.25, -0.2) is 0 Å². The van der Waals surface area contributed by atoms with Gasteiger partial charge < -0.3 is 15.2 Å². The molecule has 3 nitrogen and oxygen atoms in total. The molecule has 0 aromatic heterocycles. The number of hydrogen-bond acceptors (Lipinski definition) is 3. The Labute approximate surface area is 81.5 Å². The van der Waals surface area contributed by atoms with Gasteiger partial charge in [-0.2, -0.15) is 0 Å². The van der Waals surface area contributed by atoms with Crippen LogP contribution in [-0.2, 0) is 4.74 Å². The Hall–Kier alpha value is -0.120. The van der Waals surface area contributed by atoms with Crippen molar-refractivity contribution in [1.82, 2.24) is 5.32 Å². The van der Waals surface area contributed by atoms with Crippen molar-refractivity contribution < 1.29 is 9.84 Å². The third-order valence-electron chi connectivity index (χ3n) is 2.52. The molecular weight excluding hydrogens is 166 g/mol. The molecule has 0 spiro atoms. The van der Waals surface area contributed by atoms with Gasteiger partial charge in [0, 0.05) is 25.9 Å². The average Bonchev–Trinajstić information content (AvgIpc) is 2.13. The zero-order valence-electron chi connectivity index (χ0n) is 9.10. The maximum Gasteiger partial charge on any atom is 0.0474 e. The second-order valence-electron chi connectivity index (χ2n) is 3.66. The number of nitrogens with one attached hydrogen (secondary N) is 1. The molecule has 80 valence electrons. The summed E-state index contributed by atoms with van der Waals surface area (Å²) in [6.07, 6.45) is 2.88. The number of aliphatic hydroxyl groups excluding tert-OH is 1. The van der Waals surface area contributed by atoms with Gasteiger partial charge in [-0.15, -0.1) is 0 Å². The number of hydrogen-bond donors (Lipinski definition) is 2. The van der Waals surface area contributed by atoms with E-state index < -0.39 is 0 Å². The molecule has 13 heavy (non-hydrogen) atoms. The Morgan fingerprint density at radius 3 is 2.62 bits per heavy atom. The lowest BCUT2D eigenvalue weighted by atomic mass is 9.95. The highest BCUT2D eigenvalue weighted by Crippen LogP contribution is 2.13. The standard InChI is InChI=1S/C10H23NO2/c1-4-10(2,6-8-12)11-7-5-9-13-3/h11-12H,4-9H2,1-3H3. The van der Waals surface area contributed by atoms with Gasteiger partial charge in [0.15, 0.2) is 0 Å². The van der Waals surface area contributed by atoms with Crippen LogP contribution in [0.2, 0.25) is 0 Å². The van der Waals surface area contributed by atoms with Crippen LogP contribution < -0.4 is 5.32 Å². The first-order chi connectivity index (χ1) is 6.18. The van der Waals surface area contributed by atoms with Crippen LogP contribution >= 0.6 is 0 Å². The van der Waals surface area contributed by atoms with Gasteiger partial charge in [0.25, 0.3) is 0 Å². The lowest BCUT2D eigenvalue weighted by molar-refractivity contribution is 0.181. The lowest BCUT2D eigenvalue weighted by Crippen LogP contribution is -2.43. The molecule has 0 heterocycles. The number of ether oxygens (including phenoxy) is 1. The van der Waals surface area contributed by atoms with E-state index >= 15 is 0 Å². The molecule has 0 radical (unpaired) electrons. The van der Waals surface area contributed by atoms with Crippen LogP contribution in [0.5, 0.6) is 0 Å². The van der Waals surface area contributed by atoms with Crippen LogP contribution in [0.15, 0.2) is 0 Å². The van der Waals surface area contributed by atoms with Crippen LogP contribution in [-0.4, -0.2) is 37.5 Å². The molecular formula is C10H23NO2. The number of methoxy groups -OCH3 is 1. The highest BCUT2D eigenvalue weighted by atomic mass is 16.5. The van der Waals surface area contributed by atoms with Crippen LogP contribution in [0.25, 0.3) is 0 Å². The molecule has 0 aliphatic carbocycles. The third-order valence-corrected chi connectivity index (χ3v) is 2.52. The van der Waals surface area contributed by atoms with E-state index in [-0.39, 0.29) is 12.1 Å². The molecule has 1 atom stereocenters. The molecule has 0 rings (SSSR count). The van der Waals surface area contributed by atoms with Crippen molar-refractivity contribution in [1.29, 1.82) is 0 Å². The zero-order valence-corrected chi connectivity index (χ0v) is 9.10. The lowest BCUT2D eigenvalue weighted by Gasteiger charge is -2.29. The summed E-state index contributed by atoms with van der Waals surface area (Å²) in [6.45, 7) is 6.29. The normalized spacial score (nSPS) is 15.7. The molecule has 0 aromatic carbocycles. The van der Waals surface area contributed by atoms with E-state index in [1.54, 1.807) is 7.11 Å². The Kier molecular flexibility index (Phi) is 7.23. The van der Waals surface area contributed by atoms with Crippen LogP contribution in [0.3, 0.4) is 0 Å². The molecule has 0 aromatic rings. The highest BCUT2D eigenvalue weighted by molar-refractivity contribution is 4.80. The van der Waals surface area contributed by atoms with E-state index in [2.05, 4.69) is 19.2 Å². The summed E-state index contributed by atoms with van der Waals surface area (Å²) >= 11 is 0. The van der Waals surface area contributed by atoms with E-state index in [1.165, 1.54) is 0 Å². The summed E-state index contributed by atoms with van der Waals surface area (Å²) in [5.74, 6) is 0. The van der Waals surface area contributed by atoms with Crippen molar-refractivity contribution in [2.24, 2.45) is 0 Å². The molecule has 0 saturated carbocycles. The SMILES string of the molecule is CCC(C)(CCO)NCCCOC. The average molecular weight is 189 g/mol. The maximum absolute atomic E-state index is 8.87. The van der Waals surface area contributed by atoms with Gasteiger partial charge in [0.05, 0.1) is 0 Å². The minimum Gasteiger partial charge on any atom is -0.396 e. The van der Waals surface area contributed by atoms with Gasteiger partial charge >= 0.3 is 0 Å². The van der Waals surface area contributed by atoms with Crippen molar-refractivity contribution >= 4 is 0 Å². The summed E-state index contributed by atoms with van der Waals surface area (Å²) in [7, 11) is 1.72. The fraction of sp³-hybridized carbons (Fsp3) is 1.00. The number of aliphatic hydroxyl groups is 1. The Bertz CT molecular complexity index is 119. The zero-order chi connectivity index (χ0) is 10.2. The first kappa shape index (κ1) is 12.9. The molecule has 3 heteroatoms. The van der Waals surface area contributed by atoms with Crippen molar-refractivity contribution in [2.45, 2.75) is 38.6 Å². The van der Waals surface area contributed by atoms with Crippen molar-refractivity contribution in [3.05, 3.63) is 0 Å². The minimum absolute atomic E-state index is 0.0858. The third kappa shape index (κ3) is 6.02. The molecule has 0 aliphatic heterocycles. The monoisotopic (exact) mass is 189 g/mol. The van der Waals surface area contributed by atoms with E-state index in [1.807, 2.05) is 0 Å². The molecule has 2 N–H and O–H groups in total.